The predicted octanol–water partition coefficient (Wildman–Crippen LogP) is 3.22. The van der Waals surface area contributed by atoms with Gasteiger partial charge in [0.2, 0.25) is 0 Å². The van der Waals surface area contributed by atoms with Crippen LogP contribution < -0.4 is 10.6 Å². The number of imidazole rings is 1. The lowest BCUT2D eigenvalue weighted by Crippen LogP contribution is -2.50. The van der Waals surface area contributed by atoms with Gasteiger partial charge in [0.1, 0.15) is 0 Å². The number of hydrogen-bond acceptors (Lipinski definition) is 5. The number of thioether (sulfide) groups is 1. The van der Waals surface area contributed by atoms with Gasteiger partial charge in [-0.3, -0.25) is 0 Å². The number of carbonyl (C=O) groups excluding carboxylic acids is 2. The molecule has 2 amide bonds. The van der Waals surface area contributed by atoms with Crippen LogP contribution in [0.2, 0.25) is 0 Å². The van der Waals surface area contributed by atoms with Crippen molar-refractivity contribution in [2.75, 3.05) is 12.4 Å². The molecule has 0 saturated heterocycles. The first-order valence-electron chi connectivity index (χ1n) is 9.25. The number of urea groups is 1. The normalized spacial score (nSPS) is 16.6. The first-order chi connectivity index (χ1) is 13.6. The van der Waals surface area contributed by atoms with Gasteiger partial charge in [0.25, 0.3) is 0 Å². The zero-order valence-corrected chi connectivity index (χ0v) is 16.8. The van der Waals surface area contributed by atoms with Crippen LogP contribution in [0.4, 0.5) is 4.79 Å². The van der Waals surface area contributed by atoms with Crippen LogP contribution >= 0.6 is 11.8 Å². The minimum absolute atomic E-state index is 0.280. The third-order valence-corrected chi connectivity index (χ3v) is 5.43. The summed E-state index contributed by atoms with van der Waals surface area (Å²) in [6.45, 7) is 8.41. The summed E-state index contributed by atoms with van der Waals surface area (Å²) >= 11 is 1.47. The quantitative estimate of drug-likeness (QED) is 0.404. The highest BCUT2D eigenvalue weighted by Crippen LogP contribution is 2.27. The number of fused-ring (bicyclic) bond motifs is 1. The molecule has 2 N–H and O–H groups in total. The van der Waals surface area contributed by atoms with Crippen molar-refractivity contribution in [3.8, 4) is 0 Å². The van der Waals surface area contributed by atoms with E-state index in [4.69, 9.17) is 9.72 Å². The number of hydrogen-bond donors (Lipinski definition) is 2. The van der Waals surface area contributed by atoms with Gasteiger partial charge in [0.15, 0.2) is 5.16 Å². The van der Waals surface area contributed by atoms with Crippen molar-refractivity contribution in [2.45, 2.75) is 38.0 Å². The van der Waals surface area contributed by atoms with Gasteiger partial charge in [-0.2, -0.15) is 0 Å². The monoisotopic (exact) mass is 400 g/mol. The number of carbonyl (C=O) groups is 2. The molecule has 1 atom stereocenters. The van der Waals surface area contributed by atoms with Crippen molar-refractivity contribution in [1.29, 1.82) is 0 Å². The number of allylic oxidation sites excluding steroid dienone is 1. The topological polar surface area (TPSA) is 85.2 Å². The molecule has 28 heavy (non-hydrogen) atoms. The van der Waals surface area contributed by atoms with E-state index in [1.54, 1.807) is 6.92 Å². The maximum absolute atomic E-state index is 12.5. The van der Waals surface area contributed by atoms with Crippen molar-refractivity contribution in [2.24, 2.45) is 0 Å². The smallest absolute Gasteiger partial charge is 0.337 e. The molecule has 0 saturated carbocycles. The lowest BCUT2D eigenvalue weighted by atomic mass is 10.0. The van der Waals surface area contributed by atoms with E-state index in [1.165, 1.54) is 11.8 Å². The Morgan fingerprint density at radius 2 is 2.18 bits per heavy atom. The molecule has 8 heteroatoms. The van der Waals surface area contributed by atoms with Gasteiger partial charge >= 0.3 is 12.0 Å². The van der Waals surface area contributed by atoms with E-state index in [0.29, 0.717) is 30.0 Å². The fourth-order valence-corrected chi connectivity index (χ4v) is 4.17. The molecule has 1 unspecified atom stereocenters. The Bertz CT molecular complexity index is 935. The first-order valence-corrected chi connectivity index (χ1v) is 10.2. The summed E-state index contributed by atoms with van der Waals surface area (Å²) in [5.74, 6) is -0.00419. The van der Waals surface area contributed by atoms with Crippen molar-refractivity contribution in [3.63, 3.8) is 0 Å². The van der Waals surface area contributed by atoms with Crippen LogP contribution in [0.5, 0.6) is 0 Å². The molecule has 0 aliphatic carbocycles. The number of esters is 1. The summed E-state index contributed by atoms with van der Waals surface area (Å²) in [7, 11) is 0. The molecule has 7 nitrogen and oxygen atoms in total. The highest BCUT2D eigenvalue weighted by Gasteiger charge is 2.31. The summed E-state index contributed by atoms with van der Waals surface area (Å²) < 4.78 is 7.28. The van der Waals surface area contributed by atoms with E-state index < -0.39 is 5.97 Å². The lowest BCUT2D eigenvalue weighted by molar-refractivity contribution is -0.139. The highest BCUT2D eigenvalue weighted by atomic mass is 32.2. The second-order valence-corrected chi connectivity index (χ2v) is 7.19. The summed E-state index contributed by atoms with van der Waals surface area (Å²) in [6.07, 6.45) is 2.42. The molecule has 1 aromatic heterocycles. The molecule has 0 radical (unpaired) electrons. The molecule has 1 aliphatic heterocycles. The number of aromatic nitrogens is 2. The van der Waals surface area contributed by atoms with E-state index in [2.05, 4.69) is 21.8 Å². The zero-order valence-electron chi connectivity index (χ0n) is 16.0. The molecule has 0 fully saturated rings. The van der Waals surface area contributed by atoms with E-state index in [1.807, 2.05) is 37.3 Å². The van der Waals surface area contributed by atoms with E-state index in [0.717, 1.165) is 16.2 Å². The lowest BCUT2D eigenvalue weighted by Gasteiger charge is -2.28. The zero-order chi connectivity index (χ0) is 20.1. The van der Waals surface area contributed by atoms with Crippen molar-refractivity contribution in [3.05, 3.63) is 48.2 Å². The van der Waals surface area contributed by atoms with Gasteiger partial charge in [0, 0.05) is 18.0 Å². The van der Waals surface area contributed by atoms with Crippen LogP contribution in [-0.2, 0) is 16.1 Å². The Labute approximate surface area is 168 Å². The average Bonchev–Trinajstić information content (AvgIpc) is 3.04. The number of para-hydroxylation sites is 2. The van der Waals surface area contributed by atoms with Gasteiger partial charge in [-0.25, -0.2) is 14.6 Å². The van der Waals surface area contributed by atoms with Crippen LogP contribution in [0.15, 0.2) is 53.3 Å². The molecule has 0 spiro atoms. The fourth-order valence-electron chi connectivity index (χ4n) is 3.18. The molecule has 2 aromatic rings. The first kappa shape index (κ1) is 20.0. The molecule has 148 valence electrons. The standard InChI is InChI=1S/C20H24N4O3S/c1-4-11-24-16-10-8-7-9-14(16)23-20(24)28-12-15-17(18(25)27-6-3)13(5-2)21-19(26)22-15/h4,7-10,13H,1,5-6,11-12H2,2-3H3,(H2,21,22,26). The summed E-state index contributed by atoms with van der Waals surface area (Å²) in [5.41, 5.74) is 2.96. The second-order valence-electron chi connectivity index (χ2n) is 6.24. The Balaban J connectivity index is 1.93. The second kappa shape index (κ2) is 8.97. The molecule has 1 aromatic carbocycles. The predicted molar refractivity (Wildman–Crippen MR) is 110 cm³/mol. The SMILES string of the molecule is C=CCn1c(SCC2=C(C(=O)OCC)C(CC)NC(=O)N2)nc2ccccc21. The van der Waals surface area contributed by atoms with Gasteiger partial charge in [-0.15, -0.1) is 6.58 Å². The van der Waals surface area contributed by atoms with Gasteiger partial charge < -0.3 is 19.9 Å². The minimum Gasteiger partial charge on any atom is -0.463 e. The van der Waals surface area contributed by atoms with Crippen molar-refractivity contribution >= 4 is 34.8 Å². The third-order valence-electron chi connectivity index (χ3n) is 4.42. The molecular formula is C20H24N4O3S. The summed E-state index contributed by atoms with van der Waals surface area (Å²) in [4.78, 5) is 29.2. The molecule has 3 rings (SSSR count). The molecular weight excluding hydrogens is 376 g/mol. The minimum atomic E-state index is -0.406. The number of nitrogens with zero attached hydrogens (tertiary/aromatic N) is 2. The maximum atomic E-state index is 12.5. The van der Waals surface area contributed by atoms with E-state index >= 15 is 0 Å². The Morgan fingerprint density at radius 3 is 2.89 bits per heavy atom. The Morgan fingerprint density at radius 1 is 1.39 bits per heavy atom. The van der Waals surface area contributed by atoms with Crippen LogP contribution in [0, 0.1) is 0 Å². The number of ether oxygens (including phenoxy) is 1. The Hall–Kier alpha value is -2.74. The number of nitrogens with one attached hydrogen (secondary N) is 2. The number of amides is 2. The maximum Gasteiger partial charge on any atom is 0.337 e. The fraction of sp³-hybridized carbons (Fsp3) is 0.350. The molecule has 0 bridgehead atoms. The van der Waals surface area contributed by atoms with Crippen LogP contribution in [-0.4, -0.2) is 40.0 Å². The van der Waals surface area contributed by atoms with Gasteiger partial charge in [-0.1, -0.05) is 36.9 Å². The average molecular weight is 401 g/mol. The van der Waals surface area contributed by atoms with E-state index in [-0.39, 0.29) is 18.7 Å². The third kappa shape index (κ3) is 4.06. The van der Waals surface area contributed by atoms with E-state index in [9.17, 15) is 9.59 Å². The van der Waals surface area contributed by atoms with Crippen LogP contribution in [0.3, 0.4) is 0 Å². The molecule has 2 heterocycles. The van der Waals surface area contributed by atoms with Gasteiger partial charge in [-0.05, 0) is 25.5 Å². The van der Waals surface area contributed by atoms with Crippen LogP contribution in [0.25, 0.3) is 11.0 Å². The summed E-state index contributed by atoms with van der Waals surface area (Å²) in [6, 6.07) is 7.21. The summed E-state index contributed by atoms with van der Waals surface area (Å²) in [5, 5.41) is 6.36. The number of benzene rings is 1. The Kier molecular flexibility index (Phi) is 6.41. The highest BCUT2D eigenvalue weighted by molar-refractivity contribution is 7.99. The largest absolute Gasteiger partial charge is 0.463 e. The van der Waals surface area contributed by atoms with Gasteiger partial charge in [0.05, 0.1) is 29.3 Å². The van der Waals surface area contributed by atoms with Crippen molar-refractivity contribution < 1.29 is 14.3 Å². The molecule has 1 aliphatic rings. The number of rotatable bonds is 8. The van der Waals surface area contributed by atoms with Crippen LogP contribution in [0.1, 0.15) is 20.3 Å². The van der Waals surface area contributed by atoms with Crippen molar-refractivity contribution in [1.82, 2.24) is 20.2 Å².